The number of halogens is 1. The fourth-order valence-corrected chi connectivity index (χ4v) is 3.06. The van der Waals surface area contributed by atoms with Crippen LogP contribution in [0.1, 0.15) is 16.8 Å². The molecule has 2 heterocycles. The molecule has 1 unspecified atom stereocenters. The number of aromatic nitrogens is 2. The van der Waals surface area contributed by atoms with Gasteiger partial charge in [0.25, 0.3) is 11.5 Å². The highest BCUT2D eigenvalue weighted by molar-refractivity contribution is 6.30. The van der Waals surface area contributed by atoms with Crippen molar-refractivity contribution in [2.45, 2.75) is 6.42 Å². The number of phenols is 1. The van der Waals surface area contributed by atoms with Crippen molar-refractivity contribution < 1.29 is 9.90 Å². The van der Waals surface area contributed by atoms with Crippen molar-refractivity contribution >= 4 is 23.2 Å². The van der Waals surface area contributed by atoms with Gasteiger partial charge >= 0.3 is 0 Å². The summed E-state index contributed by atoms with van der Waals surface area (Å²) in [6.45, 7) is 2.04. The molecule has 0 aliphatic carbocycles. The summed E-state index contributed by atoms with van der Waals surface area (Å²) in [6.07, 6.45) is 2.58. The Kier molecular flexibility index (Phi) is 4.94. The number of benzene rings is 1. The minimum Gasteiger partial charge on any atom is -0.507 e. The maximum atomic E-state index is 12.2. The molecule has 1 aliphatic rings. The van der Waals surface area contributed by atoms with Crippen LogP contribution in [0, 0.1) is 5.92 Å². The van der Waals surface area contributed by atoms with Gasteiger partial charge in [-0.25, -0.2) is 4.68 Å². The van der Waals surface area contributed by atoms with E-state index in [1.807, 2.05) is 0 Å². The van der Waals surface area contributed by atoms with Gasteiger partial charge in [0.2, 0.25) is 0 Å². The standard InChI is InChI=1S/C17H19ClN4O3/c1-21-16(24)7-13(9-20-21)22-5-4-11(10-22)8-19-17(25)14-3-2-12(18)6-15(14)23/h2-3,6-7,9,11,23H,4-5,8,10H2,1H3,(H,19,25). The summed E-state index contributed by atoms with van der Waals surface area (Å²) in [4.78, 5) is 26.0. The highest BCUT2D eigenvalue weighted by atomic mass is 35.5. The number of hydrogen-bond donors (Lipinski definition) is 2. The number of nitrogens with one attached hydrogen (secondary N) is 1. The second kappa shape index (κ2) is 7.14. The molecule has 1 saturated heterocycles. The normalized spacial score (nSPS) is 16.9. The molecule has 1 amide bonds. The van der Waals surface area contributed by atoms with Gasteiger partial charge in [-0.2, -0.15) is 5.10 Å². The Bertz CT molecular complexity index is 852. The Hall–Kier alpha value is -2.54. The highest BCUT2D eigenvalue weighted by Gasteiger charge is 2.24. The van der Waals surface area contributed by atoms with Crippen LogP contribution >= 0.6 is 11.6 Å². The number of nitrogens with zero attached hydrogens (tertiary/aromatic N) is 3. The summed E-state index contributed by atoms with van der Waals surface area (Å²) in [5.41, 5.74) is 0.856. The fraction of sp³-hybridized carbons (Fsp3) is 0.353. The van der Waals surface area contributed by atoms with Crippen LogP contribution in [0.3, 0.4) is 0 Å². The Balaban J connectivity index is 1.57. The minimum absolute atomic E-state index is 0.135. The minimum atomic E-state index is -0.331. The Labute approximate surface area is 149 Å². The van der Waals surface area contributed by atoms with E-state index in [9.17, 15) is 14.7 Å². The third kappa shape index (κ3) is 3.93. The first-order valence-corrected chi connectivity index (χ1v) is 8.37. The monoisotopic (exact) mass is 362 g/mol. The smallest absolute Gasteiger partial charge is 0.268 e. The van der Waals surface area contributed by atoms with Crippen LogP contribution in [0.15, 0.2) is 35.3 Å². The van der Waals surface area contributed by atoms with Gasteiger partial charge in [-0.1, -0.05) is 11.6 Å². The lowest BCUT2D eigenvalue weighted by Gasteiger charge is -2.18. The van der Waals surface area contributed by atoms with E-state index in [0.717, 1.165) is 25.2 Å². The zero-order chi connectivity index (χ0) is 18.0. The second-order valence-electron chi connectivity index (χ2n) is 6.15. The van der Waals surface area contributed by atoms with Gasteiger partial charge in [-0.05, 0) is 30.5 Å². The zero-order valence-electron chi connectivity index (χ0n) is 13.8. The molecule has 1 aromatic carbocycles. The van der Waals surface area contributed by atoms with Crippen LogP contribution in [0.5, 0.6) is 5.75 Å². The maximum Gasteiger partial charge on any atom is 0.268 e. The fourth-order valence-electron chi connectivity index (χ4n) is 2.90. The van der Waals surface area contributed by atoms with Crippen molar-refractivity contribution in [3.05, 3.63) is 51.4 Å². The van der Waals surface area contributed by atoms with Crippen molar-refractivity contribution in [3.63, 3.8) is 0 Å². The van der Waals surface area contributed by atoms with Crippen molar-refractivity contribution in [1.82, 2.24) is 15.1 Å². The number of phenolic OH excluding ortho intramolecular Hbond substituents is 1. The summed E-state index contributed by atoms with van der Waals surface area (Å²) < 4.78 is 1.29. The molecule has 0 spiro atoms. The van der Waals surface area contributed by atoms with Gasteiger partial charge in [0.15, 0.2) is 0 Å². The molecule has 2 N–H and O–H groups in total. The second-order valence-corrected chi connectivity index (χ2v) is 6.58. The van der Waals surface area contributed by atoms with Gasteiger partial charge in [-0.15, -0.1) is 0 Å². The average Bonchev–Trinajstić information content (AvgIpc) is 3.04. The molecule has 7 nitrogen and oxygen atoms in total. The van der Waals surface area contributed by atoms with Crippen molar-refractivity contribution in [2.75, 3.05) is 24.5 Å². The van der Waals surface area contributed by atoms with Crippen LogP contribution in [0.4, 0.5) is 5.69 Å². The topological polar surface area (TPSA) is 87.5 Å². The molecule has 1 aromatic heterocycles. The molecular formula is C17H19ClN4O3. The van der Waals surface area contributed by atoms with Gasteiger partial charge in [-0.3, -0.25) is 9.59 Å². The van der Waals surface area contributed by atoms with Crippen LogP contribution in [0.2, 0.25) is 5.02 Å². The molecular weight excluding hydrogens is 344 g/mol. The number of carbonyl (C=O) groups is 1. The predicted octanol–water partition coefficient (Wildman–Crippen LogP) is 1.40. The molecule has 1 atom stereocenters. The predicted molar refractivity (Wildman–Crippen MR) is 95.2 cm³/mol. The summed E-state index contributed by atoms with van der Waals surface area (Å²) in [5.74, 6) is -0.199. The average molecular weight is 363 g/mol. The van der Waals surface area contributed by atoms with Crippen molar-refractivity contribution in [3.8, 4) is 5.75 Å². The number of carbonyl (C=O) groups excluding carboxylic acids is 1. The molecule has 0 radical (unpaired) electrons. The lowest BCUT2D eigenvalue weighted by molar-refractivity contribution is 0.0945. The molecule has 0 bridgehead atoms. The quantitative estimate of drug-likeness (QED) is 0.858. The van der Waals surface area contributed by atoms with E-state index in [-0.39, 0.29) is 28.7 Å². The van der Waals surface area contributed by atoms with E-state index >= 15 is 0 Å². The van der Waals surface area contributed by atoms with Gasteiger partial charge in [0.05, 0.1) is 17.4 Å². The van der Waals surface area contributed by atoms with E-state index in [0.29, 0.717) is 11.6 Å². The molecule has 1 fully saturated rings. The number of aryl methyl sites for hydroxylation is 1. The van der Waals surface area contributed by atoms with Gasteiger partial charge in [0, 0.05) is 37.8 Å². The van der Waals surface area contributed by atoms with Gasteiger partial charge in [0.1, 0.15) is 5.75 Å². The highest BCUT2D eigenvalue weighted by Crippen LogP contribution is 2.23. The first kappa shape index (κ1) is 17.3. The number of aromatic hydroxyl groups is 1. The first-order valence-electron chi connectivity index (χ1n) is 7.99. The number of hydrogen-bond acceptors (Lipinski definition) is 5. The molecule has 2 aromatic rings. The van der Waals surface area contributed by atoms with E-state index in [4.69, 9.17) is 11.6 Å². The number of anilines is 1. The van der Waals surface area contributed by atoms with E-state index < -0.39 is 0 Å². The number of rotatable bonds is 4. The summed E-state index contributed by atoms with van der Waals surface area (Å²) in [7, 11) is 1.61. The molecule has 0 saturated carbocycles. The molecule has 8 heteroatoms. The third-order valence-electron chi connectivity index (χ3n) is 4.36. The Morgan fingerprint density at radius 1 is 1.44 bits per heavy atom. The van der Waals surface area contributed by atoms with E-state index in [2.05, 4.69) is 15.3 Å². The van der Waals surface area contributed by atoms with E-state index in [1.54, 1.807) is 25.4 Å². The summed E-state index contributed by atoms with van der Waals surface area (Å²) in [6, 6.07) is 5.98. The van der Waals surface area contributed by atoms with Crippen LogP contribution in [-0.2, 0) is 7.05 Å². The Morgan fingerprint density at radius 3 is 2.96 bits per heavy atom. The Morgan fingerprint density at radius 2 is 2.24 bits per heavy atom. The SMILES string of the molecule is Cn1ncc(N2CCC(CNC(=O)c3ccc(Cl)cc3O)C2)cc1=O. The first-order chi connectivity index (χ1) is 11.9. The molecule has 1 aliphatic heterocycles. The van der Waals surface area contributed by atoms with Crippen molar-refractivity contribution in [1.29, 1.82) is 0 Å². The third-order valence-corrected chi connectivity index (χ3v) is 4.60. The zero-order valence-corrected chi connectivity index (χ0v) is 14.5. The largest absolute Gasteiger partial charge is 0.507 e. The summed E-state index contributed by atoms with van der Waals surface area (Å²) in [5, 5.41) is 17.1. The maximum absolute atomic E-state index is 12.2. The molecule has 132 valence electrons. The van der Waals surface area contributed by atoms with E-state index in [1.165, 1.54) is 16.8 Å². The molecule has 3 rings (SSSR count). The van der Waals surface area contributed by atoms with Crippen LogP contribution in [-0.4, -0.2) is 40.4 Å². The summed E-state index contributed by atoms with van der Waals surface area (Å²) >= 11 is 5.77. The van der Waals surface area contributed by atoms with Crippen LogP contribution in [0.25, 0.3) is 0 Å². The van der Waals surface area contributed by atoms with Gasteiger partial charge < -0.3 is 15.3 Å². The van der Waals surface area contributed by atoms with Crippen molar-refractivity contribution in [2.24, 2.45) is 13.0 Å². The van der Waals surface area contributed by atoms with Crippen LogP contribution < -0.4 is 15.8 Å². The molecule has 25 heavy (non-hydrogen) atoms. The lowest BCUT2D eigenvalue weighted by atomic mass is 10.1. The lowest BCUT2D eigenvalue weighted by Crippen LogP contribution is -2.31. The number of amides is 1.